The molecule has 1 aromatic carbocycles. The van der Waals surface area contributed by atoms with Gasteiger partial charge in [-0.1, -0.05) is 12.1 Å². The van der Waals surface area contributed by atoms with E-state index in [-0.39, 0.29) is 11.3 Å². The Morgan fingerprint density at radius 1 is 1.50 bits per heavy atom. The third-order valence-corrected chi connectivity index (χ3v) is 2.87. The van der Waals surface area contributed by atoms with Crippen LogP contribution in [0.1, 0.15) is 17.2 Å². The Hall–Kier alpha value is -1.07. The van der Waals surface area contributed by atoms with Crippen LogP contribution in [0.15, 0.2) is 16.6 Å². The number of aliphatic hydroxyl groups excluding tert-OH is 1. The number of carbonyl (C=O) groups is 1. The highest BCUT2D eigenvalue weighted by Gasteiger charge is 2.21. The third kappa shape index (κ3) is 1.88. The second kappa shape index (κ2) is 3.98. The van der Waals surface area contributed by atoms with E-state index < -0.39 is 12.1 Å². The van der Waals surface area contributed by atoms with E-state index in [2.05, 4.69) is 15.9 Å². The number of aliphatic hydroxyl groups is 1. The van der Waals surface area contributed by atoms with Gasteiger partial charge in [0.05, 0.1) is 4.47 Å². The van der Waals surface area contributed by atoms with Crippen LogP contribution in [-0.2, 0) is 4.79 Å². The molecule has 0 saturated heterocycles. The number of phenolic OH excluding ortho intramolecular Hbond substituents is 1. The summed E-state index contributed by atoms with van der Waals surface area (Å²) in [4.78, 5) is 10.5. The second-order valence-corrected chi connectivity index (χ2v) is 3.67. The maximum atomic E-state index is 10.5. The summed E-state index contributed by atoms with van der Waals surface area (Å²) < 4.78 is 0.398. The summed E-state index contributed by atoms with van der Waals surface area (Å²) in [5, 5.41) is 27.3. The average Bonchev–Trinajstić information content (AvgIpc) is 2.13. The Kier molecular flexibility index (Phi) is 3.13. The SMILES string of the molecule is Cc1ccc(C(O)C(=O)O)c(O)c1Br. The molecular weight excluding hydrogens is 252 g/mol. The standard InChI is InChI=1S/C9H9BrO4/c1-4-2-3-5(7(11)6(4)10)8(12)9(13)14/h2-3,8,11-12H,1H3,(H,13,14). The molecule has 1 unspecified atom stereocenters. The molecule has 0 aliphatic carbocycles. The minimum atomic E-state index is -1.70. The molecule has 0 aliphatic heterocycles. The summed E-state index contributed by atoms with van der Waals surface area (Å²) in [6.45, 7) is 1.75. The average molecular weight is 261 g/mol. The summed E-state index contributed by atoms with van der Waals surface area (Å²) in [7, 11) is 0. The fourth-order valence-corrected chi connectivity index (χ4v) is 1.40. The van der Waals surface area contributed by atoms with Gasteiger partial charge in [-0.05, 0) is 28.4 Å². The van der Waals surface area contributed by atoms with E-state index in [9.17, 15) is 15.0 Å². The molecule has 1 aromatic rings. The summed E-state index contributed by atoms with van der Waals surface area (Å²) in [6, 6.07) is 3.00. The molecule has 0 fully saturated rings. The zero-order valence-electron chi connectivity index (χ0n) is 7.36. The number of benzene rings is 1. The molecule has 0 heterocycles. The topological polar surface area (TPSA) is 77.8 Å². The number of rotatable bonds is 2. The minimum absolute atomic E-state index is 0.0185. The Bertz CT molecular complexity index is 375. The first-order chi connectivity index (χ1) is 6.45. The molecule has 0 aromatic heterocycles. The van der Waals surface area contributed by atoms with Crippen molar-refractivity contribution in [1.29, 1.82) is 0 Å². The number of carboxylic acid groups (broad SMARTS) is 1. The minimum Gasteiger partial charge on any atom is -0.506 e. The lowest BCUT2D eigenvalue weighted by molar-refractivity contribution is -0.147. The van der Waals surface area contributed by atoms with Crippen LogP contribution in [0.2, 0.25) is 0 Å². The van der Waals surface area contributed by atoms with Crippen LogP contribution in [0.4, 0.5) is 0 Å². The first-order valence-electron chi connectivity index (χ1n) is 3.84. The van der Waals surface area contributed by atoms with Crippen molar-refractivity contribution >= 4 is 21.9 Å². The van der Waals surface area contributed by atoms with Crippen LogP contribution in [0.25, 0.3) is 0 Å². The van der Waals surface area contributed by atoms with Gasteiger partial charge in [-0.3, -0.25) is 0 Å². The molecule has 0 amide bonds. The number of aromatic hydroxyl groups is 1. The van der Waals surface area contributed by atoms with Crippen molar-refractivity contribution in [1.82, 2.24) is 0 Å². The lowest BCUT2D eigenvalue weighted by atomic mass is 10.1. The Morgan fingerprint density at radius 3 is 2.57 bits per heavy atom. The van der Waals surface area contributed by atoms with E-state index in [0.29, 0.717) is 4.47 Å². The summed E-state index contributed by atoms with van der Waals surface area (Å²) in [5.41, 5.74) is 0.749. The lowest BCUT2D eigenvalue weighted by Crippen LogP contribution is -2.10. The van der Waals surface area contributed by atoms with Crippen molar-refractivity contribution in [2.75, 3.05) is 0 Å². The second-order valence-electron chi connectivity index (χ2n) is 2.88. The van der Waals surface area contributed by atoms with Gasteiger partial charge in [0.1, 0.15) is 5.75 Å². The molecular formula is C9H9BrO4. The predicted molar refractivity (Wildman–Crippen MR) is 53.1 cm³/mol. The van der Waals surface area contributed by atoms with E-state index in [1.165, 1.54) is 6.07 Å². The lowest BCUT2D eigenvalue weighted by Gasteiger charge is -2.10. The quantitative estimate of drug-likeness (QED) is 0.755. The zero-order chi connectivity index (χ0) is 10.9. The number of phenols is 1. The molecule has 1 atom stereocenters. The largest absolute Gasteiger partial charge is 0.506 e. The first kappa shape index (κ1) is 11.0. The van der Waals surface area contributed by atoms with Gasteiger partial charge >= 0.3 is 5.97 Å². The predicted octanol–water partition coefficient (Wildman–Crippen LogP) is 1.58. The summed E-state index contributed by atoms with van der Waals surface area (Å²) in [5.74, 6) is -1.63. The van der Waals surface area contributed by atoms with E-state index in [0.717, 1.165) is 5.56 Å². The van der Waals surface area contributed by atoms with Crippen LogP contribution in [0.3, 0.4) is 0 Å². The number of aryl methyl sites for hydroxylation is 1. The highest BCUT2D eigenvalue weighted by molar-refractivity contribution is 9.10. The molecule has 0 bridgehead atoms. The van der Waals surface area contributed by atoms with Crippen LogP contribution >= 0.6 is 15.9 Å². The molecule has 1 rings (SSSR count). The van der Waals surface area contributed by atoms with Crippen LogP contribution in [0, 0.1) is 6.92 Å². The molecule has 0 aliphatic rings. The first-order valence-corrected chi connectivity index (χ1v) is 4.63. The van der Waals surface area contributed by atoms with Gasteiger partial charge in [-0.25, -0.2) is 4.79 Å². The maximum Gasteiger partial charge on any atom is 0.337 e. The van der Waals surface area contributed by atoms with E-state index >= 15 is 0 Å². The van der Waals surface area contributed by atoms with Gasteiger partial charge in [0.2, 0.25) is 0 Å². The molecule has 5 heteroatoms. The van der Waals surface area contributed by atoms with Crippen molar-refractivity contribution in [3.8, 4) is 5.75 Å². The number of aliphatic carboxylic acids is 1. The molecule has 14 heavy (non-hydrogen) atoms. The van der Waals surface area contributed by atoms with Crippen molar-refractivity contribution in [2.24, 2.45) is 0 Å². The van der Waals surface area contributed by atoms with Crippen molar-refractivity contribution in [3.63, 3.8) is 0 Å². The molecule has 4 nitrogen and oxygen atoms in total. The smallest absolute Gasteiger partial charge is 0.337 e. The third-order valence-electron chi connectivity index (χ3n) is 1.87. The number of halogens is 1. The maximum absolute atomic E-state index is 10.5. The van der Waals surface area contributed by atoms with Gasteiger partial charge in [0.15, 0.2) is 6.10 Å². The summed E-state index contributed by atoms with van der Waals surface area (Å²) in [6.07, 6.45) is -1.70. The van der Waals surface area contributed by atoms with Gasteiger partial charge in [-0.15, -0.1) is 0 Å². The Balaban J connectivity index is 3.24. The van der Waals surface area contributed by atoms with Gasteiger partial charge in [0, 0.05) is 5.56 Å². The Labute approximate surface area is 88.9 Å². The number of carboxylic acids is 1. The fourth-order valence-electron chi connectivity index (χ4n) is 1.03. The zero-order valence-corrected chi connectivity index (χ0v) is 8.95. The molecule has 76 valence electrons. The normalized spacial score (nSPS) is 12.5. The van der Waals surface area contributed by atoms with Crippen LogP contribution in [0.5, 0.6) is 5.75 Å². The summed E-state index contributed by atoms with van der Waals surface area (Å²) >= 11 is 3.09. The molecule has 3 N–H and O–H groups in total. The highest BCUT2D eigenvalue weighted by Crippen LogP contribution is 2.34. The van der Waals surface area contributed by atoms with Gasteiger partial charge in [0.25, 0.3) is 0 Å². The van der Waals surface area contributed by atoms with E-state index in [1.54, 1.807) is 13.0 Å². The van der Waals surface area contributed by atoms with E-state index in [4.69, 9.17) is 5.11 Å². The van der Waals surface area contributed by atoms with Crippen molar-refractivity contribution in [2.45, 2.75) is 13.0 Å². The van der Waals surface area contributed by atoms with Gasteiger partial charge in [-0.2, -0.15) is 0 Å². The van der Waals surface area contributed by atoms with E-state index in [1.807, 2.05) is 0 Å². The Morgan fingerprint density at radius 2 is 2.07 bits per heavy atom. The van der Waals surface area contributed by atoms with Gasteiger partial charge < -0.3 is 15.3 Å². The molecule has 0 saturated carbocycles. The molecule has 0 radical (unpaired) electrons. The highest BCUT2D eigenvalue weighted by atomic mass is 79.9. The van der Waals surface area contributed by atoms with Crippen LogP contribution in [-0.4, -0.2) is 21.3 Å². The number of hydrogen-bond acceptors (Lipinski definition) is 3. The van der Waals surface area contributed by atoms with Crippen molar-refractivity contribution < 1.29 is 20.1 Å². The van der Waals surface area contributed by atoms with Crippen molar-refractivity contribution in [3.05, 3.63) is 27.7 Å². The van der Waals surface area contributed by atoms with Crippen LogP contribution < -0.4 is 0 Å². The monoisotopic (exact) mass is 260 g/mol. The number of hydrogen-bond donors (Lipinski definition) is 3. The molecule has 0 spiro atoms. The fraction of sp³-hybridized carbons (Fsp3) is 0.222.